The molecule has 0 aliphatic carbocycles. The van der Waals surface area contributed by atoms with Crippen LogP contribution in [0.3, 0.4) is 0 Å². The third-order valence-electron chi connectivity index (χ3n) is 3.26. The fraction of sp³-hybridized carbons (Fsp3) is 0.562. The number of hydrogen-bond acceptors (Lipinski definition) is 3. The molecule has 0 heterocycles. The molecule has 22 heavy (non-hydrogen) atoms. The maximum atomic E-state index is 11.8. The van der Waals surface area contributed by atoms with E-state index >= 15 is 0 Å². The first-order valence-electron chi connectivity index (χ1n) is 7.43. The van der Waals surface area contributed by atoms with Gasteiger partial charge in [-0.05, 0) is 12.5 Å². The summed E-state index contributed by atoms with van der Waals surface area (Å²) in [6, 6.07) is 9.81. The molecule has 0 saturated heterocycles. The lowest BCUT2D eigenvalue weighted by molar-refractivity contribution is -0.126. The van der Waals surface area contributed by atoms with E-state index in [9.17, 15) is 4.79 Å². The van der Waals surface area contributed by atoms with Gasteiger partial charge in [-0.2, -0.15) is 0 Å². The largest absolute Gasteiger partial charge is 0.370 e. The van der Waals surface area contributed by atoms with Gasteiger partial charge in [0, 0.05) is 31.4 Å². The minimum atomic E-state index is -0.113. The van der Waals surface area contributed by atoms with Gasteiger partial charge in [0.1, 0.15) is 6.61 Å². The number of ether oxygens (including phenoxy) is 1. The average molecular weight is 347 g/mol. The van der Waals surface area contributed by atoms with Gasteiger partial charge in [0.05, 0.1) is 12.6 Å². The van der Waals surface area contributed by atoms with Gasteiger partial charge >= 0.3 is 0 Å². The van der Waals surface area contributed by atoms with Crippen LogP contribution in [0.2, 0.25) is 0 Å². The van der Waals surface area contributed by atoms with Crippen LogP contribution in [0.1, 0.15) is 18.5 Å². The monoisotopic (exact) mass is 346 g/mol. The van der Waals surface area contributed by atoms with E-state index in [4.69, 9.17) is 27.9 Å². The van der Waals surface area contributed by atoms with Crippen molar-refractivity contribution < 1.29 is 9.53 Å². The molecule has 6 heteroatoms. The van der Waals surface area contributed by atoms with E-state index in [-0.39, 0.29) is 18.6 Å². The number of carbonyl (C=O) groups is 1. The van der Waals surface area contributed by atoms with Gasteiger partial charge in [0.2, 0.25) is 5.91 Å². The number of amides is 1. The molecule has 1 aromatic rings. The summed E-state index contributed by atoms with van der Waals surface area (Å²) in [6.45, 7) is 4.77. The number of nitrogens with zero attached hydrogens (tertiary/aromatic N) is 1. The van der Waals surface area contributed by atoms with Crippen molar-refractivity contribution in [1.29, 1.82) is 0 Å². The number of alkyl halides is 2. The molecule has 0 aromatic heterocycles. The van der Waals surface area contributed by atoms with E-state index in [0.717, 1.165) is 25.2 Å². The summed E-state index contributed by atoms with van der Waals surface area (Å²) >= 11 is 11.4. The summed E-state index contributed by atoms with van der Waals surface area (Å²) in [6.07, 6.45) is 0. The highest BCUT2D eigenvalue weighted by molar-refractivity contribution is 6.18. The summed E-state index contributed by atoms with van der Waals surface area (Å²) in [5.74, 6) is 1.01. The zero-order valence-electron chi connectivity index (χ0n) is 12.9. The molecule has 0 aliphatic heterocycles. The number of benzene rings is 1. The lowest BCUT2D eigenvalue weighted by Gasteiger charge is -2.20. The molecule has 1 aromatic carbocycles. The predicted octanol–water partition coefficient (Wildman–Crippen LogP) is 2.66. The number of halogens is 2. The van der Waals surface area contributed by atoms with Crippen LogP contribution in [-0.4, -0.2) is 55.4 Å². The van der Waals surface area contributed by atoms with Crippen molar-refractivity contribution in [2.45, 2.75) is 13.0 Å². The lowest BCUT2D eigenvalue weighted by atomic mass is 10.1. The van der Waals surface area contributed by atoms with Gasteiger partial charge in [-0.1, -0.05) is 30.3 Å². The topological polar surface area (TPSA) is 41.6 Å². The Morgan fingerprint density at radius 1 is 1.18 bits per heavy atom. The third kappa shape index (κ3) is 7.99. The molecule has 1 amide bonds. The predicted molar refractivity (Wildman–Crippen MR) is 91.7 cm³/mol. The van der Waals surface area contributed by atoms with E-state index in [1.807, 2.05) is 37.3 Å². The van der Waals surface area contributed by atoms with Crippen LogP contribution in [0.15, 0.2) is 30.3 Å². The van der Waals surface area contributed by atoms with Crippen molar-refractivity contribution in [3.63, 3.8) is 0 Å². The standard InChI is InChI=1S/C16H24Cl2N2O2/c1-14(15-5-3-2-4-6-15)19-16(21)13-22-12-11-20(9-7-17)10-8-18/h2-6,14H,7-13H2,1H3,(H,19,21). The van der Waals surface area contributed by atoms with Gasteiger partial charge in [0.15, 0.2) is 0 Å². The highest BCUT2D eigenvalue weighted by atomic mass is 35.5. The van der Waals surface area contributed by atoms with Crippen molar-refractivity contribution in [2.75, 3.05) is 44.6 Å². The quantitative estimate of drug-likeness (QED) is 0.494. The minimum absolute atomic E-state index is 0.0266. The van der Waals surface area contributed by atoms with E-state index in [1.165, 1.54) is 0 Å². The molecule has 4 nitrogen and oxygen atoms in total. The van der Waals surface area contributed by atoms with Crippen molar-refractivity contribution in [2.24, 2.45) is 0 Å². The Balaban J connectivity index is 2.20. The highest BCUT2D eigenvalue weighted by Crippen LogP contribution is 2.10. The smallest absolute Gasteiger partial charge is 0.246 e. The van der Waals surface area contributed by atoms with Gasteiger partial charge < -0.3 is 10.1 Å². The van der Waals surface area contributed by atoms with Gasteiger partial charge in [0.25, 0.3) is 0 Å². The van der Waals surface area contributed by atoms with E-state index in [0.29, 0.717) is 18.4 Å². The van der Waals surface area contributed by atoms with Crippen LogP contribution in [0, 0.1) is 0 Å². The fourth-order valence-corrected chi connectivity index (χ4v) is 2.52. The zero-order valence-corrected chi connectivity index (χ0v) is 14.4. The Bertz CT molecular complexity index is 412. The van der Waals surface area contributed by atoms with Crippen LogP contribution in [0.5, 0.6) is 0 Å². The zero-order chi connectivity index (χ0) is 16.2. The molecule has 124 valence electrons. The lowest BCUT2D eigenvalue weighted by Crippen LogP contribution is -2.34. The Kier molecular flexibility index (Phi) is 10.2. The molecule has 1 rings (SSSR count). The molecule has 0 fully saturated rings. The number of carbonyl (C=O) groups excluding carboxylic acids is 1. The van der Waals surface area contributed by atoms with Crippen molar-refractivity contribution in [3.8, 4) is 0 Å². The second-order valence-corrected chi connectivity index (χ2v) is 5.73. The maximum Gasteiger partial charge on any atom is 0.246 e. The summed E-state index contributed by atoms with van der Waals surface area (Å²) in [4.78, 5) is 13.9. The molecule has 1 unspecified atom stereocenters. The SMILES string of the molecule is CC(NC(=O)COCCN(CCCl)CCCl)c1ccccc1. The molecule has 0 spiro atoms. The molecule has 1 atom stereocenters. The van der Waals surface area contributed by atoms with Gasteiger partial charge in [-0.25, -0.2) is 0 Å². The van der Waals surface area contributed by atoms with Crippen LogP contribution < -0.4 is 5.32 Å². The van der Waals surface area contributed by atoms with Crippen LogP contribution in [0.25, 0.3) is 0 Å². The van der Waals surface area contributed by atoms with Gasteiger partial charge in [-0.3, -0.25) is 9.69 Å². The maximum absolute atomic E-state index is 11.8. The Hall–Kier alpha value is -0.810. The first-order chi connectivity index (χ1) is 10.7. The first kappa shape index (κ1) is 19.2. The molecular formula is C16H24Cl2N2O2. The summed E-state index contributed by atoms with van der Waals surface area (Å²) in [5.41, 5.74) is 1.08. The summed E-state index contributed by atoms with van der Waals surface area (Å²) < 4.78 is 5.42. The normalized spacial score (nSPS) is 12.4. The summed E-state index contributed by atoms with van der Waals surface area (Å²) in [7, 11) is 0. The Morgan fingerprint density at radius 3 is 2.41 bits per heavy atom. The molecule has 0 aliphatic rings. The van der Waals surface area contributed by atoms with Crippen LogP contribution in [-0.2, 0) is 9.53 Å². The highest BCUT2D eigenvalue weighted by Gasteiger charge is 2.09. The van der Waals surface area contributed by atoms with Crippen molar-refractivity contribution in [1.82, 2.24) is 10.2 Å². The van der Waals surface area contributed by atoms with Crippen molar-refractivity contribution in [3.05, 3.63) is 35.9 Å². The number of hydrogen-bond donors (Lipinski definition) is 1. The molecule has 1 N–H and O–H groups in total. The average Bonchev–Trinajstić information content (AvgIpc) is 2.52. The van der Waals surface area contributed by atoms with Crippen LogP contribution >= 0.6 is 23.2 Å². The number of rotatable bonds is 11. The second kappa shape index (κ2) is 11.7. The number of nitrogens with one attached hydrogen (secondary N) is 1. The van der Waals surface area contributed by atoms with Gasteiger partial charge in [-0.15, -0.1) is 23.2 Å². The molecule has 0 saturated carbocycles. The molecular weight excluding hydrogens is 323 g/mol. The van der Waals surface area contributed by atoms with Crippen molar-refractivity contribution >= 4 is 29.1 Å². The Labute approximate surface area is 142 Å². The van der Waals surface area contributed by atoms with Crippen LogP contribution in [0.4, 0.5) is 0 Å². The summed E-state index contributed by atoms with van der Waals surface area (Å²) in [5, 5.41) is 2.91. The van der Waals surface area contributed by atoms with E-state index < -0.39 is 0 Å². The Morgan fingerprint density at radius 2 is 1.82 bits per heavy atom. The second-order valence-electron chi connectivity index (χ2n) is 4.97. The van der Waals surface area contributed by atoms with E-state index in [2.05, 4.69) is 10.2 Å². The molecule has 0 bridgehead atoms. The fourth-order valence-electron chi connectivity index (χ4n) is 2.04. The minimum Gasteiger partial charge on any atom is -0.370 e. The van der Waals surface area contributed by atoms with E-state index in [1.54, 1.807) is 0 Å². The first-order valence-corrected chi connectivity index (χ1v) is 8.50. The third-order valence-corrected chi connectivity index (χ3v) is 3.60. The molecule has 0 radical (unpaired) electrons.